The third-order valence-electron chi connectivity index (χ3n) is 6.39. The maximum Gasteiger partial charge on any atom is 0.416 e. The molecule has 0 radical (unpaired) electrons. The molecule has 0 N–H and O–H groups in total. The van der Waals surface area contributed by atoms with Gasteiger partial charge in [0.1, 0.15) is 23.0 Å². The number of aliphatic imine (C=N–C) groups is 1. The first-order valence-electron chi connectivity index (χ1n) is 11.5. The molecule has 3 aromatic rings. The van der Waals surface area contributed by atoms with Crippen molar-refractivity contribution < 1.29 is 27.4 Å². The number of para-hydroxylation sites is 2. The maximum atomic E-state index is 13.3. The summed E-state index contributed by atoms with van der Waals surface area (Å²) in [5, 5.41) is 0. The number of ether oxygens (including phenoxy) is 2. The molecule has 0 aliphatic carbocycles. The third-order valence-corrected chi connectivity index (χ3v) is 6.39. The van der Waals surface area contributed by atoms with Gasteiger partial charge in [-0.1, -0.05) is 24.3 Å². The number of fused-ring (bicyclic) bond motifs is 2. The van der Waals surface area contributed by atoms with Gasteiger partial charge >= 0.3 is 6.18 Å². The largest absolute Gasteiger partial charge is 0.496 e. The summed E-state index contributed by atoms with van der Waals surface area (Å²) in [6.07, 6.45) is -4.49. The number of benzene rings is 3. The number of rotatable bonds is 2. The van der Waals surface area contributed by atoms with Gasteiger partial charge in [-0.3, -0.25) is 4.79 Å². The van der Waals surface area contributed by atoms with E-state index in [1.165, 1.54) is 13.2 Å². The Morgan fingerprint density at radius 3 is 2.53 bits per heavy atom. The quantitative estimate of drug-likeness (QED) is 0.455. The molecular formula is C27H24F3N3O3. The predicted molar refractivity (Wildman–Crippen MR) is 129 cm³/mol. The van der Waals surface area contributed by atoms with Crippen LogP contribution in [-0.4, -0.2) is 54.3 Å². The summed E-state index contributed by atoms with van der Waals surface area (Å²) in [7, 11) is 1.53. The minimum atomic E-state index is -4.49. The number of nitrogens with zero attached hydrogens (tertiary/aromatic N) is 3. The Bertz CT molecular complexity index is 1340. The Hall–Kier alpha value is -4.01. The highest BCUT2D eigenvalue weighted by Crippen LogP contribution is 2.42. The fourth-order valence-electron chi connectivity index (χ4n) is 4.57. The van der Waals surface area contributed by atoms with E-state index >= 15 is 0 Å². The normalized spacial score (nSPS) is 17.4. The van der Waals surface area contributed by atoms with Crippen LogP contribution in [0.3, 0.4) is 0 Å². The molecule has 0 spiro atoms. The molecule has 5 rings (SSSR count). The van der Waals surface area contributed by atoms with E-state index in [-0.39, 0.29) is 17.7 Å². The Balaban J connectivity index is 1.46. The summed E-state index contributed by atoms with van der Waals surface area (Å²) >= 11 is 0. The van der Waals surface area contributed by atoms with Crippen LogP contribution >= 0.6 is 0 Å². The van der Waals surface area contributed by atoms with Gasteiger partial charge in [0.2, 0.25) is 0 Å². The van der Waals surface area contributed by atoms with Gasteiger partial charge in [0.15, 0.2) is 5.75 Å². The molecule has 1 unspecified atom stereocenters. The summed E-state index contributed by atoms with van der Waals surface area (Å²) in [5.74, 6) is 1.47. The number of hydrogen-bond acceptors (Lipinski definition) is 5. The minimum Gasteiger partial charge on any atom is -0.496 e. The summed E-state index contributed by atoms with van der Waals surface area (Å²) in [6.45, 7) is 3.39. The Labute approximate surface area is 206 Å². The molecule has 3 aromatic carbocycles. The zero-order valence-corrected chi connectivity index (χ0v) is 19.7. The molecule has 0 bridgehead atoms. The summed E-state index contributed by atoms with van der Waals surface area (Å²) < 4.78 is 51.2. The number of hydrogen-bond donors (Lipinski definition) is 0. The van der Waals surface area contributed by atoms with Crippen LogP contribution in [0.5, 0.6) is 17.2 Å². The van der Waals surface area contributed by atoms with E-state index in [0.717, 1.165) is 12.1 Å². The van der Waals surface area contributed by atoms with E-state index in [2.05, 4.69) is 0 Å². The molecule has 36 heavy (non-hydrogen) atoms. The summed E-state index contributed by atoms with van der Waals surface area (Å²) in [6, 6.07) is 17.4. The number of carbonyl (C=O) groups excluding carboxylic acids is 1. The van der Waals surface area contributed by atoms with Crippen molar-refractivity contribution in [1.82, 2.24) is 9.80 Å². The molecule has 0 aromatic heterocycles. The monoisotopic (exact) mass is 495 g/mol. The van der Waals surface area contributed by atoms with Crippen molar-refractivity contribution in [2.24, 2.45) is 4.99 Å². The molecule has 1 atom stereocenters. The lowest BCUT2D eigenvalue weighted by atomic mass is 10.1. The fourth-order valence-corrected chi connectivity index (χ4v) is 4.57. The van der Waals surface area contributed by atoms with Crippen LogP contribution in [0.2, 0.25) is 0 Å². The lowest BCUT2D eigenvalue weighted by molar-refractivity contribution is -0.137. The lowest BCUT2D eigenvalue weighted by Crippen LogP contribution is -2.55. The minimum absolute atomic E-state index is 0.0466. The molecular weight excluding hydrogens is 471 g/mol. The van der Waals surface area contributed by atoms with Crippen molar-refractivity contribution in [2.45, 2.75) is 19.1 Å². The fraction of sp³-hybridized carbons (Fsp3) is 0.259. The smallest absolute Gasteiger partial charge is 0.416 e. The first-order valence-corrected chi connectivity index (χ1v) is 11.5. The second-order valence-electron chi connectivity index (χ2n) is 8.71. The van der Waals surface area contributed by atoms with Gasteiger partial charge in [-0.15, -0.1) is 0 Å². The van der Waals surface area contributed by atoms with Crippen molar-refractivity contribution >= 4 is 17.4 Å². The van der Waals surface area contributed by atoms with Gasteiger partial charge in [-0.2, -0.15) is 13.2 Å². The highest BCUT2D eigenvalue weighted by Gasteiger charge is 2.34. The molecule has 6 nitrogen and oxygen atoms in total. The zero-order valence-electron chi connectivity index (χ0n) is 19.7. The average Bonchev–Trinajstić information content (AvgIpc) is 3.04. The van der Waals surface area contributed by atoms with Gasteiger partial charge < -0.3 is 19.3 Å². The highest BCUT2D eigenvalue weighted by molar-refractivity contribution is 6.04. The van der Waals surface area contributed by atoms with E-state index < -0.39 is 11.7 Å². The summed E-state index contributed by atoms with van der Waals surface area (Å²) in [4.78, 5) is 21.9. The molecule has 186 valence electrons. The molecule has 2 heterocycles. The Kier molecular flexibility index (Phi) is 6.07. The van der Waals surface area contributed by atoms with Crippen LogP contribution in [0.1, 0.15) is 28.4 Å². The number of amidine groups is 1. The van der Waals surface area contributed by atoms with Gasteiger partial charge in [0.25, 0.3) is 5.91 Å². The van der Waals surface area contributed by atoms with Gasteiger partial charge in [-0.05, 0) is 49.4 Å². The second kappa shape index (κ2) is 9.22. The zero-order chi connectivity index (χ0) is 25.4. The summed E-state index contributed by atoms with van der Waals surface area (Å²) in [5.41, 5.74) is 0.697. The van der Waals surface area contributed by atoms with E-state index in [1.54, 1.807) is 35.2 Å². The Morgan fingerprint density at radius 1 is 1.03 bits per heavy atom. The standard InChI is InChI=1S/C27H24F3N3O3/c1-17-16-32(13-14-33(17)26(34)20-8-4-5-9-22(20)35-2)25-19-7-3-6-10-23(19)36-24-15-18(27(28,29)30)11-12-21(24)31-25/h3-12,15,17H,13-14,16H2,1-2H3. The molecule has 1 fully saturated rings. The molecule has 2 aliphatic heterocycles. The maximum absolute atomic E-state index is 13.3. The van der Waals surface area contributed by atoms with Gasteiger partial charge in [0, 0.05) is 25.7 Å². The van der Waals surface area contributed by atoms with E-state index in [9.17, 15) is 18.0 Å². The number of alkyl halides is 3. The van der Waals surface area contributed by atoms with E-state index in [4.69, 9.17) is 14.5 Å². The lowest BCUT2D eigenvalue weighted by Gasteiger charge is -2.41. The highest BCUT2D eigenvalue weighted by atomic mass is 19.4. The number of halogens is 3. The molecule has 1 saturated heterocycles. The number of piperazine rings is 1. The van der Waals surface area contributed by atoms with Gasteiger partial charge in [-0.25, -0.2) is 4.99 Å². The molecule has 1 amide bonds. The van der Waals surface area contributed by atoms with Crippen LogP contribution in [-0.2, 0) is 6.18 Å². The van der Waals surface area contributed by atoms with Crippen molar-refractivity contribution in [3.8, 4) is 17.2 Å². The average molecular weight is 496 g/mol. The van der Waals surface area contributed by atoms with Crippen molar-refractivity contribution in [2.75, 3.05) is 26.7 Å². The first-order chi connectivity index (χ1) is 17.3. The molecule has 9 heteroatoms. The third kappa shape index (κ3) is 4.36. The molecule has 0 saturated carbocycles. The molecule has 2 aliphatic rings. The number of methoxy groups -OCH3 is 1. The second-order valence-corrected chi connectivity index (χ2v) is 8.71. The van der Waals surface area contributed by atoms with Crippen LogP contribution in [0.4, 0.5) is 18.9 Å². The van der Waals surface area contributed by atoms with Crippen molar-refractivity contribution in [1.29, 1.82) is 0 Å². The van der Waals surface area contributed by atoms with Gasteiger partial charge in [0.05, 0.1) is 23.8 Å². The van der Waals surface area contributed by atoms with Crippen LogP contribution in [0, 0.1) is 0 Å². The Morgan fingerprint density at radius 2 is 1.78 bits per heavy atom. The van der Waals surface area contributed by atoms with Crippen molar-refractivity contribution in [3.05, 3.63) is 83.4 Å². The van der Waals surface area contributed by atoms with Crippen molar-refractivity contribution in [3.63, 3.8) is 0 Å². The van der Waals surface area contributed by atoms with Crippen LogP contribution in [0.25, 0.3) is 0 Å². The SMILES string of the molecule is COc1ccccc1C(=O)N1CCN(C2=Nc3ccc(C(F)(F)F)cc3Oc3ccccc32)CC1C. The van der Waals surface area contributed by atoms with Crippen LogP contribution < -0.4 is 9.47 Å². The number of amides is 1. The van der Waals surface area contributed by atoms with E-state index in [0.29, 0.717) is 53.8 Å². The predicted octanol–water partition coefficient (Wildman–Crippen LogP) is 5.74. The number of carbonyl (C=O) groups is 1. The topological polar surface area (TPSA) is 54.4 Å². The van der Waals surface area contributed by atoms with Crippen LogP contribution in [0.15, 0.2) is 71.7 Å². The van der Waals surface area contributed by atoms with E-state index in [1.807, 2.05) is 30.0 Å². The first kappa shape index (κ1) is 23.7.